The van der Waals surface area contributed by atoms with E-state index in [1.165, 1.54) is 19.3 Å². The van der Waals surface area contributed by atoms with Crippen LogP contribution in [0.15, 0.2) is 0 Å². The first kappa shape index (κ1) is 9.34. The standard InChI is InChI=1S/C9H18ClN/c1-7(10)8(2)11-6-9-4-3-5-9/h7-9,11H,3-6H2,1-2H3. The minimum atomic E-state index is 0.245. The summed E-state index contributed by atoms with van der Waals surface area (Å²) in [6, 6.07) is 0.456. The van der Waals surface area contributed by atoms with Crippen LogP contribution in [-0.2, 0) is 0 Å². The fourth-order valence-electron chi connectivity index (χ4n) is 1.21. The zero-order valence-electron chi connectivity index (χ0n) is 7.44. The Balaban J connectivity index is 2.01. The fourth-order valence-corrected chi connectivity index (χ4v) is 1.30. The predicted molar refractivity (Wildman–Crippen MR) is 50.1 cm³/mol. The third-order valence-electron chi connectivity index (χ3n) is 2.64. The number of halogens is 1. The van der Waals surface area contributed by atoms with Gasteiger partial charge in [-0.25, -0.2) is 0 Å². The molecule has 0 aromatic rings. The van der Waals surface area contributed by atoms with Gasteiger partial charge in [0.1, 0.15) is 0 Å². The lowest BCUT2D eigenvalue weighted by Crippen LogP contribution is -2.37. The van der Waals surface area contributed by atoms with Crippen molar-refractivity contribution in [1.82, 2.24) is 5.32 Å². The summed E-state index contributed by atoms with van der Waals surface area (Å²) in [5.74, 6) is 0.938. The summed E-state index contributed by atoms with van der Waals surface area (Å²) in [4.78, 5) is 0. The van der Waals surface area contributed by atoms with Gasteiger partial charge in [0, 0.05) is 11.4 Å². The zero-order chi connectivity index (χ0) is 8.27. The van der Waals surface area contributed by atoms with Gasteiger partial charge in [-0.1, -0.05) is 6.42 Å². The molecule has 0 bridgehead atoms. The third-order valence-corrected chi connectivity index (χ3v) is 3.02. The molecule has 0 aromatic heterocycles. The van der Waals surface area contributed by atoms with Gasteiger partial charge in [0.15, 0.2) is 0 Å². The Kier molecular flexibility index (Phi) is 3.67. The minimum absolute atomic E-state index is 0.245. The van der Waals surface area contributed by atoms with Crippen molar-refractivity contribution in [3.8, 4) is 0 Å². The molecule has 0 spiro atoms. The van der Waals surface area contributed by atoms with E-state index in [1.807, 2.05) is 6.92 Å². The molecular formula is C9H18ClN. The molecule has 0 aromatic carbocycles. The summed E-state index contributed by atoms with van der Waals surface area (Å²) < 4.78 is 0. The maximum Gasteiger partial charge on any atom is 0.0458 e. The SMILES string of the molecule is CC(Cl)C(C)NCC1CCC1. The van der Waals surface area contributed by atoms with Crippen LogP contribution in [0.2, 0.25) is 0 Å². The predicted octanol–water partition coefficient (Wildman–Crippen LogP) is 2.39. The van der Waals surface area contributed by atoms with Gasteiger partial charge in [0.2, 0.25) is 0 Å². The van der Waals surface area contributed by atoms with E-state index in [9.17, 15) is 0 Å². The van der Waals surface area contributed by atoms with Crippen LogP contribution in [0, 0.1) is 5.92 Å². The average molecular weight is 176 g/mol. The lowest BCUT2D eigenvalue weighted by atomic mass is 9.85. The van der Waals surface area contributed by atoms with E-state index >= 15 is 0 Å². The Morgan fingerprint density at radius 1 is 1.45 bits per heavy atom. The largest absolute Gasteiger partial charge is 0.313 e. The molecule has 66 valence electrons. The van der Waals surface area contributed by atoms with E-state index in [0.29, 0.717) is 6.04 Å². The highest BCUT2D eigenvalue weighted by atomic mass is 35.5. The van der Waals surface area contributed by atoms with Gasteiger partial charge < -0.3 is 5.32 Å². The molecule has 0 heterocycles. The second-order valence-corrected chi connectivity index (χ2v) is 4.36. The van der Waals surface area contributed by atoms with Crippen molar-refractivity contribution in [2.75, 3.05) is 6.54 Å². The van der Waals surface area contributed by atoms with Crippen molar-refractivity contribution in [2.45, 2.75) is 44.5 Å². The molecule has 1 nitrogen and oxygen atoms in total. The fraction of sp³-hybridized carbons (Fsp3) is 1.00. The molecule has 2 atom stereocenters. The second-order valence-electron chi connectivity index (χ2n) is 3.67. The minimum Gasteiger partial charge on any atom is -0.313 e. The first-order chi connectivity index (χ1) is 5.20. The Morgan fingerprint density at radius 3 is 2.45 bits per heavy atom. The van der Waals surface area contributed by atoms with E-state index in [4.69, 9.17) is 11.6 Å². The smallest absolute Gasteiger partial charge is 0.0458 e. The van der Waals surface area contributed by atoms with Crippen molar-refractivity contribution in [1.29, 1.82) is 0 Å². The van der Waals surface area contributed by atoms with Gasteiger partial charge in [-0.05, 0) is 39.2 Å². The second kappa shape index (κ2) is 4.32. The highest BCUT2D eigenvalue weighted by Gasteiger charge is 2.18. The van der Waals surface area contributed by atoms with Gasteiger partial charge in [0.25, 0.3) is 0 Å². The van der Waals surface area contributed by atoms with Crippen LogP contribution in [0.4, 0.5) is 0 Å². The number of hydrogen-bond donors (Lipinski definition) is 1. The van der Waals surface area contributed by atoms with Gasteiger partial charge in [-0.2, -0.15) is 0 Å². The van der Waals surface area contributed by atoms with Crippen molar-refractivity contribution < 1.29 is 0 Å². The summed E-state index contributed by atoms with van der Waals surface area (Å²) in [6.45, 7) is 5.36. The molecular weight excluding hydrogens is 158 g/mol. The Bertz CT molecular complexity index is 110. The molecule has 1 aliphatic rings. The molecule has 2 unspecified atom stereocenters. The number of rotatable bonds is 4. The maximum atomic E-state index is 5.91. The molecule has 1 rings (SSSR count). The van der Waals surface area contributed by atoms with E-state index in [-0.39, 0.29) is 5.38 Å². The molecule has 2 heteroatoms. The summed E-state index contributed by atoms with van der Waals surface area (Å²) in [5, 5.41) is 3.70. The van der Waals surface area contributed by atoms with Crippen LogP contribution >= 0.6 is 11.6 Å². The van der Waals surface area contributed by atoms with Gasteiger partial charge >= 0.3 is 0 Å². The third kappa shape index (κ3) is 3.00. The van der Waals surface area contributed by atoms with Crippen LogP contribution in [0.3, 0.4) is 0 Å². The Hall–Kier alpha value is 0.250. The van der Waals surface area contributed by atoms with Gasteiger partial charge in [0.05, 0.1) is 0 Å². The summed E-state index contributed by atoms with van der Waals surface area (Å²) >= 11 is 5.91. The highest BCUT2D eigenvalue weighted by Crippen LogP contribution is 2.25. The molecule has 0 saturated heterocycles. The molecule has 1 aliphatic carbocycles. The summed E-state index contributed by atoms with van der Waals surface area (Å²) in [5.41, 5.74) is 0. The molecule has 0 radical (unpaired) electrons. The van der Waals surface area contributed by atoms with Gasteiger partial charge in [-0.15, -0.1) is 11.6 Å². The van der Waals surface area contributed by atoms with Crippen LogP contribution in [0.25, 0.3) is 0 Å². The summed E-state index contributed by atoms with van der Waals surface area (Å²) in [7, 11) is 0. The topological polar surface area (TPSA) is 12.0 Å². The first-order valence-corrected chi connectivity index (χ1v) is 5.01. The number of hydrogen-bond acceptors (Lipinski definition) is 1. The van der Waals surface area contributed by atoms with Crippen molar-refractivity contribution >= 4 is 11.6 Å². The first-order valence-electron chi connectivity index (χ1n) is 4.57. The highest BCUT2D eigenvalue weighted by molar-refractivity contribution is 6.20. The molecule has 1 fully saturated rings. The molecule has 11 heavy (non-hydrogen) atoms. The Labute approximate surface area is 74.5 Å². The van der Waals surface area contributed by atoms with E-state index in [1.54, 1.807) is 0 Å². The van der Waals surface area contributed by atoms with Crippen LogP contribution in [-0.4, -0.2) is 18.0 Å². The molecule has 0 amide bonds. The quantitative estimate of drug-likeness (QED) is 0.648. The lowest BCUT2D eigenvalue weighted by Gasteiger charge is -2.27. The van der Waals surface area contributed by atoms with Crippen LogP contribution in [0.1, 0.15) is 33.1 Å². The van der Waals surface area contributed by atoms with E-state index < -0.39 is 0 Å². The number of alkyl halides is 1. The Morgan fingerprint density at radius 2 is 2.09 bits per heavy atom. The van der Waals surface area contributed by atoms with Crippen molar-refractivity contribution in [2.24, 2.45) is 5.92 Å². The van der Waals surface area contributed by atoms with E-state index in [2.05, 4.69) is 12.2 Å². The van der Waals surface area contributed by atoms with Crippen molar-refractivity contribution in [3.05, 3.63) is 0 Å². The van der Waals surface area contributed by atoms with Gasteiger partial charge in [-0.3, -0.25) is 0 Å². The average Bonchev–Trinajstić information content (AvgIpc) is 1.83. The lowest BCUT2D eigenvalue weighted by molar-refractivity contribution is 0.291. The van der Waals surface area contributed by atoms with Crippen LogP contribution < -0.4 is 5.32 Å². The molecule has 1 saturated carbocycles. The maximum absolute atomic E-state index is 5.91. The van der Waals surface area contributed by atoms with Crippen LogP contribution in [0.5, 0.6) is 0 Å². The van der Waals surface area contributed by atoms with Crippen molar-refractivity contribution in [3.63, 3.8) is 0 Å². The molecule has 1 N–H and O–H groups in total. The molecule has 0 aliphatic heterocycles. The zero-order valence-corrected chi connectivity index (χ0v) is 8.19. The van der Waals surface area contributed by atoms with E-state index in [0.717, 1.165) is 12.5 Å². The normalized spacial score (nSPS) is 24.3. The number of nitrogens with one attached hydrogen (secondary N) is 1. The summed E-state index contributed by atoms with van der Waals surface area (Å²) in [6.07, 6.45) is 4.25. The monoisotopic (exact) mass is 175 g/mol.